The summed E-state index contributed by atoms with van der Waals surface area (Å²) in [6.45, 7) is 0. The molecule has 1 aromatic rings. The first-order valence-corrected chi connectivity index (χ1v) is 2.77. The molecule has 2 nitrogen and oxygen atoms in total. The van der Waals surface area contributed by atoms with Crippen molar-refractivity contribution in [1.29, 1.82) is 10.5 Å². The van der Waals surface area contributed by atoms with E-state index in [1.165, 1.54) is 0 Å². The zero-order valence-corrected chi connectivity index (χ0v) is 10.1. The van der Waals surface area contributed by atoms with Gasteiger partial charge in [0.2, 0.25) is 0 Å². The van der Waals surface area contributed by atoms with Gasteiger partial charge in [0.25, 0.3) is 0 Å². The lowest BCUT2D eigenvalue weighted by atomic mass is 10.1. The van der Waals surface area contributed by atoms with Gasteiger partial charge in [-0.2, -0.15) is 10.5 Å². The molecule has 0 fully saturated rings. The molecule has 0 unspecified atom stereocenters. The topological polar surface area (TPSA) is 47.6 Å². The average Bonchev–Trinajstić information content (AvgIpc) is 2.04. The van der Waals surface area contributed by atoms with Crippen LogP contribution in [0.25, 0.3) is 0 Å². The van der Waals surface area contributed by atoms with Crippen molar-refractivity contribution in [3.8, 4) is 12.1 Å². The van der Waals surface area contributed by atoms with Crippen molar-refractivity contribution in [1.82, 2.24) is 0 Å². The first kappa shape index (κ1) is 23.3. The molecule has 0 N–H and O–H groups in total. The summed E-state index contributed by atoms with van der Waals surface area (Å²) in [6.07, 6.45) is 0. The van der Waals surface area contributed by atoms with Crippen LogP contribution < -0.4 is 0 Å². The highest BCUT2D eigenvalue weighted by molar-refractivity contribution is 5.86. The van der Waals surface area contributed by atoms with Crippen LogP contribution in [0.1, 0.15) is 11.1 Å². The molecular weight excluding hydrogens is 266 g/mol. The van der Waals surface area contributed by atoms with Crippen LogP contribution in [0, 0.1) is 22.7 Å². The molecule has 6 heteroatoms. The summed E-state index contributed by atoms with van der Waals surface area (Å²) in [5.74, 6) is 0. The first-order chi connectivity index (χ1) is 4.88. The molecule has 0 aliphatic heterocycles. The van der Waals surface area contributed by atoms with E-state index in [-0.39, 0.29) is 49.6 Å². The van der Waals surface area contributed by atoms with Gasteiger partial charge in [-0.3, -0.25) is 0 Å². The van der Waals surface area contributed by atoms with E-state index < -0.39 is 0 Å². The molecule has 0 saturated carbocycles. The molecule has 0 aromatic heterocycles. The Morgan fingerprint density at radius 1 is 0.714 bits per heavy atom. The van der Waals surface area contributed by atoms with Gasteiger partial charge < -0.3 is 0 Å². The molecule has 0 heterocycles. The normalized spacial score (nSPS) is 5.57. The van der Waals surface area contributed by atoms with Crippen molar-refractivity contribution in [2.45, 2.75) is 0 Å². The second-order valence-corrected chi connectivity index (χ2v) is 1.77. The SMILES string of the molecule is Cl.Cl.Cl.Cl.N#Cc1ccccc1C#N. The third kappa shape index (κ3) is 5.91. The van der Waals surface area contributed by atoms with Gasteiger partial charge in [-0.25, -0.2) is 0 Å². The lowest BCUT2D eigenvalue weighted by molar-refractivity contribution is 1.43. The van der Waals surface area contributed by atoms with Gasteiger partial charge in [0.05, 0.1) is 11.1 Å². The van der Waals surface area contributed by atoms with E-state index in [0.717, 1.165) is 0 Å². The van der Waals surface area contributed by atoms with Crippen LogP contribution in [0.4, 0.5) is 0 Å². The maximum Gasteiger partial charge on any atom is 0.101 e. The Bertz CT molecular complexity index is 294. The van der Waals surface area contributed by atoms with Gasteiger partial charge in [0, 0.05) is 0 Å². The van der Waals surface area contributed by atoms with E-state index in [4.69, 9.17) is 10.5 Å². The van der Waals surface area contributed by atoms with E-state index in [0.29, 0.717) is 11.1 Å². The molecule has 78 valence electrons. The van der Waals surface area contributed by atoms with Crippen molar-refractivity contribution >= 4 is 49.6 Å². The second-order valence-electron chi connectivity index (χ2n) is 1.77. The number of hydrogen-bond acceptors (Lipinski definition) is 2. The van der Waals surface area contributed by atoms with E-state index >= 15 is 0 Å². The molecule has 0 spiro atoms. The number of nitriles is 2. The molecule has 0 aliphatic rings. The van der Waals surface area contributed by atoms with Gasteiger partial charge >= 0.3 is 0 Å². The minimum Gasteiger partial charge on any atom is -0.192 e. The molecule has 14 heavy (non-hydrogen) atoms. The fraction of sp³-hybridized carbons (Fsp3) is 0. The molecule has 0 bridgehead atoms. The average molecular weight is 274 g/mol. The Labute approximate surface area is 108 Å². The van der Waals surface area contributed by atoms with Crippen molar-refractivity contribution in [3.05, 3.63) is 35.4 Å². The number of nitrogens with zero attached hydrogens (tertiary/aromatic N) is 2. The van der Waals surface area contributed by atoms with Crippen molar-refractivity contribution in [3.63, 3.8) is 0 Å². The van der Waals surface area contributed by atoms with Crippen LogP contribution in [0.15, 0.2) is 24.3 Å². The van der Waals surface area contributed by atoms with Crippen LogP contribution in [-0.2, 0) is 0 Å². The van der Waals surface area contributed by atoms with E-state index in [1.54, 1.807) is 24.3 Å². The summed E-state index contributed by atoms with van der Waals surface area (Å²) in [4.78, 5) is 0. The lowest BCUT2D eigenvalue weighted by Crippen LogP contribution is -1.79. The third-order valence-corrected chi connectivity index (χ3v) is 1.17. The van der Waals surface area contributed by atoms with Gasteiger partial charge in [0.15, 0.2) is 0 Å². The Morgan fingerprint density at radius 3 is 1.21 bits per heavy atom. The minimum atomic E-state index is 0. The molecule has 0 saturated heterocycles. The van der Waals surface area contributed by atoms with E-state index in [9.17, 15) is 0 Å². The summed E-state index contributed by atoms with van der Waals surface area (Å²) in [7, 11) is 0. The van der Waals surface area contributed by atoms with Gasteiger partial charge in [-0.1, -0.05) is 12.1 Å². The number of rotatable bonds is 0. The molecule has 0 atom stereocenters. The Kier molecular flexibility index (Phi) is 20.6. The fourth-order valence-corrected chi connectivity index (χ4v) is 0.678. The number of benzene rings is 1. The maximum absolute atomic E-state index is 8.45. The molecule has 0 aliphatic carbocycles. The van der Waals surface area contributed by atoms with Crippen molar-refractivity contribution < 1.29 is 0 Å². The quantitative estimate of drug-likeness (QED) is 0.729. The Hall–Kier alpha value is -0.640. The monoisotopic (exact) mass is 272 g/mol. The summed E-state index contributed by atoms with van der Waals surface area (Å²) in [6, 6.07) is 10.6. The van der Waals surface area contributed by atoms with Crippen LogP contribution >= 0.6 is 49.6 Å². The summed E-state index contributed by atoms with van der Waals surface area (Å²) < 4.78 is 0. The summed E-state index contributed by atoms with van der Waals surface area (Å²) in [5, 5.41) is 16.9. The van der Waals surface area contributed by atoms with Crippen LogP contribution in [0.3, 0.4) is 0 Å². The largest absolute Gasteiger partial charge is 0.192 e. The van der Waals surface area contributed by atoms with Crippen LogP contribution in [-0.4, -0.2) is 0 Å². The Balaban J connectivity index is -0.000000125. The van der Waals surface area contributed by atoms with Gasteiger partial charge in [-0.15, -0.1) is 49.6 Å². The van der Waals surface area contributed by atoms with Crippen LogP contribution in [0.5, 0.6) is 0 Å². The Morgan fingerprint density at radius 2 is 1.00 bits per heavy atom. The first-order valence-electron chi connectivity index (χ1n) is 2.77. The predicted molar refractivity (Wildman–Crippen MR) is 64.9 cm³/mol. The van der Waals surface area contributed by atoms with E-state index in [1.807, 2.05) is 12.1 Å². The van der Waals surface area contributed by atoms with E-state index in [2.05, 4.69) is 0 Å². The smallest absolute Gasteiger partial charge is 0.101 e. The molecule has 1 aromatic carbocycles. The van der Waals surface area contributed by atoms with Crippen LogP contribution in [0.2, 0.25) is 0 Å². The number of hydrogen-bond donors (Lipinski definition) is 0. The fourth-order valence-electron chi connectivity index (χ4n) is 0.678. The van der Waals surface area contributed by atoms with Crippen molar-refractivity contribution in [2.24, 2.45) is 0 Å². The van der Waals surface area contributed by atoms with Gasteiger partial charge in [-0.05, 0) is 12.1 Å². The molecule has 0 amide bonds. The highest BCUT2D eigenvalue weighted by atomic mass is 35.5. The molecule has 0 radical (unpaired) electrons. The predicted octanol–water partition coefficient (Wildman–Crippen LogP) is 3.12. The van der Waals surface area contributed by atoms with Crippen molar-refractivity contribution in [2.75, 3.05) is 0 Å². The maximum atomic E-state index is 8.45. The summed E-state index contributed by atoms with van der Waals surface area (Å²) >= 11 is 0. The third-order valence-electron chi connectivity index (χ3n) is 1.17. The lowest BCUT2D eigenvalue weighted by Gasteiger charge is -1.88. The second kappa shape index (κ2) is 12.4. The highest BCUT2D eigenvalue weighted by Crippen LogP contribution is 2.03. The number of halogens is 4. The summed E-state index contributed by atoms with van der Waals surface area (Å²) in [5.41, 5.74) is 0.870. The highest BCUT2D eigenvalue weighted by Gasteiger charge is 1.95. The zero-order valence-electron chi connectivity index (χ0n) is 6.84. The standard InChI is InChI=1S/C8H4N2.4ClH/c9-5-7-3-1-2-4-8(7)6-10;;;;/h1-4H;4*1H. The van der Waals surface area contributed by atoms with Gasteiger partial charge in [0.1, 0.15) is 12.1 Å². The minimum absolute atomic E-state index is 0. The molecular formula is C8H8Cl4N2. The molecule has 1 rings (SSSR count). The zero-order chi connectivity index (χ0) is 7.40.